The van der Waals surface area contributed by atoms with E-state index in [9.17, 15) is 9.90 Å². The number of ether oxygens (including phenoxy) is 2. The largest absolute Gasteiger partial charge is 0.497 e. The lowest BCUT2D eigenvalue weighted by molar-refractivity contribution is 0.0696. The van der Waals surface area contributed by atoms with Gasteiger partial charge in [0.25, 0.3) is 0 Å². The fraction of sp³-hybridized carbons (Fsp3) is 0.296. The van der Waals surface area contributed by atoms with Crippen LogP contribution in [0.4, 0.5) is 5.69 Å². The monoisotopic (exact) mass is 456 g/mol. The van der Waals surface area contributed by atoms with Gasteiger partial charge in [-0.3, -0.25) is 0 Å². The second-order valence-corrected chi connectivity index (χ2v) is 8.53. The van der Waals surface area contributed by atoms with Crippen LogP contribution in [0.1, 0.15) is 34.3 Å². The van der Waals surface area contributed by atoms with Crippen LogP contribution >= 0.6 is 0 Å². The van der Waals surface area contributed by atoms with Crippen LogP contribution < -0.4 is 14.8 Å². The number of benzene rings is 3. The summed E-state index contributed by atoms with van der Waals surface area (Å²) in [6.07, 6.45) is 3.69. The molecule has 0 unspecified atom stereocenters. The number of nitrogens with one attached hydrogen (secondary N) is 1. The summed E-state index contributed by atoms with van der Waals surface area (Å²) >= 11 is 0. The minimum absolute atomic E-state index is 0.301. The smallest absolute Gasteiger partial charge is 0.335 e. The molecule has 1 aliphatic rings. The fourth-order valence-electron chi connectivity index (χ4n) is 4.18. The van der Waals surface area contributed by atoms with E-state index in [0.29, 0.717) is 11.6 Å². The molecule has 0 aromatic heterocycles. The summed E-state index contributed by atoms with van der Waals surface area (Å²) in [5, 5.41) is 12.8. The predicted octanol–water partition coefficient (Wildman–Crippen LogP) is 4.93. The van der Waals surface area contributed by atoms with E-state index in [-0.39, 0.29) is 0 Å². The molecule has 1 atom stereocenters. The van der Waals surface area contributed by atoms with Gasteiger partial charge in [0.2, 0.25) is 0 Å². The van der Waals surface area contributed by atoms with Gasteiger partial charge in [-0.15, -0.1) is 0 Å². The molecule has 0 aliphatic carbocycles. The number of aryl methyl sites for hydroxylation is 2. The quantitative estimate of drug-likeness (QED) is 0.422. The maximum Gasteiger partial charge on any atom is 0.335 e. The van der Waals surface area contributed by atoms with Crippen molar-refractivity contribution in [2.75, 3.05) is 25.5 Å². The van der Waals surface area contributed by atoms with Crippen molar-refractivity contribution in [1.29, 1.82) is 0 Å². The van der Waals surface area contributed by atoms with E-state index in [1.54, 1.807) is 25.3 Å². The van der Waals surface area contributed by atoms with Crippen LogP contribution in [0, 0.1) is 0 Å². The Labute approximate surface area is 201 Å². The predicted molar refractivity (Wildman–Crippen MR) is 134 cm³/mol. The first-order valence-electron chi connectivity index (χ1n) is 11.5. The molecule has 1 heterocycles. The zero-order valence-electron chi connectivity index (χ0n) is 19.4. The number of hydrogen-bond donors (Lipinski definition) is 2. The van der Waals surface area contributed by atoms with Crippen molar-refractivity contribution in [2.45, 2.75) is 31.7 Å². The first-order chi connectivity index (χ1) is 16.5. The van der Waals surface area contributed by atoms with Crippen molar-refractivity contribution in [1.82, 2.24) is 4.81 Å². The van der Waals surface area contributed by atoms with Gasteiger partial charge in [-0.05, 0) is 91.9 Å². The van der Waals surface area contributed by atoms with E-state index in [1.165, 1.54) is 0 Å². The van der Waals surface area contributed by atoms with Gasteiger partial charge in [-0.1, -0.05) is 18.2 Å². The number of rotatable bonds is 10. The van der Waals surface area contributed by atoms with Crippen LogP contribution in [0.5, 0.6) is 17.2 Å². The van der Waals surface area contributed by atoms with Crippen LogP contribution in [0.3, 0.4) is 0 Å². The molecule has 6 nitrogen and oxygen atoms in total. The summed E-state index contributed by atoms with van der Waals surface area (Å²) < 4.78 is 11.5. The number of carboxylic acid groups (broad SMARTS) is 1. The Morgan fingerprint density at radius 3 is 2.47 bits per heavy atom. The second-order valence-electron chi connectivity index (χ2n) is 8.53. The number of nitrogens with zero attached hydrogens (tertiary/aromatic N) is 1. The van der Waals surface area contributed by atoms with Crippen LogP contribution in [-0.4, -0.2) is 50.1 Å². The fourth-order valence-corrected chi connectivity index (χ4v) is 4.18. The second kappa shape index (κ2) is 11.1. The summed E-state index contributed by atoms with van der Waals surface area (Å²) in [4.78, 5) is 13.2. The summed E-state index contributed by atoms with van der Waals surface area (Å²) in [5.41, 5.74) is 3.31. The number of hydrogen-bond acceptors (Lipinski definition) is 5. The first kappa shape index (κ1) is 23.7. The SMILES string of the molecule is [B]N1CCC[C@H]1CNc1ccc(CCc2cccc(C(=O)O)c2)cc1Oc1ccc(OC)cc1. The third kappa shape index (κ3) is 6.11. The Balaban J connectivity index is 1.51. The first-order valence-corrected chi connectivity index (χ1v) is 11.5. The van der Waals surface area contributed by atoms with Crippen molar-refractivity contribution in [3.63, 3.8) is 0 Å². The molecule has 3 aromatic carbocycles. The molecule has 0 spiro atoms. The van der Waals surface area contributed by atoms with Gasteiger partial charge in [-0.25, -0.2) is 4.79 Å². The molecule has 0 bridgehead atoms. The van der Waals surface area contributed by atoms with E-state index in [2.05, 4.69) is 11.4 Å². The molecule has 1 aliphatic heterocycles. The van der Waals surface area contributed by atoms with E-state index in [0.717, 1.165) is 72.8 Å². The van der Waals surface area contributed by atoms with Crippen molar-refractivity contribution in [3.8, 4) is 17.2 Å². The molecule has 0 saturated carbocycles. The van der Waals surface area contributed by atoms with E-state index >= 15 is 0 Å². The molecule has 174 valence electrons. The molecule has 1 fully saturated rings. The molecule has 2 N–H and O–H groups in total. The minimum Gasteiger partial charge on any atom is -0.497 e. The van der Waals surface area contributed by atoms with Gasteiger partial charge in [0.05, 0.1) is 18.4 Å². The lowest BCUT2D eigenvalue weighted by Gasteiger charge is -2.22. The molecule has 0 amide bonds. The van der Waals surface area contributed by atoms with Gasteiger partial charge < -0.3 is 24.7 Å². The molecule has 1 saturated heterocycles. The van der Waals surface area contributed by atoms with Crippen molar-refractivity contribution >= 4 is 19.6 Å². The maximum absolute atomic E-state index is 11.3. The van der Waals surface area contributed by atoms with Gasteiger partial charge in [0, 0.05) is 12.6 Å². The molecular formula is C27H29BN2O4. The summed E-state index contributed by atoms with van der Waals surface area (Å²) in [5.74, 6) is 1.32. The Bertz CT molecular complexity index is 1120. The Kier molecular flexibility index (Phi) is 7.75. The summed E-state index contributed by atoms with van der Waals surface area (Å²) in [6, 6.07) is 21.0. The maximum atomic E-state index is 11.3. The van der Waals surface area contributed by atoms with Crippen molar-refractivity contribution in [3.05, 3.63) is 83.4 Å². The third-order valence-corrected chi connectivity index (χ3v) is 6.16. The van der Waals surface area contributed by atoms with Gasteiger partial charge in [0.15, 0.2) is 13.7 Å². The zero-order valence-corrected chi connectivity index (χ0v) is 19.4. The Morgan fingerprint density at radius 1 is 1.06 bits per heavy atom. The number of methoxy groups -OCH3 is 1. The van der Waals surface area contributed by atoms with Crippen LogP contribution in [0.2, 0.25) is 0 Å². The highest BCUT2D eigenvalue weighted by molar-refractivity contribution is 6.04. The summed E-state index contributed by atoms with van der Waals surface area (Å²) in [6.45, 7) is 1.67. The number of aromatic carboxylic acids is 1. The van der Waals surface area contributed by atoms with E-state index in [1.807, 2.05) is 47.3 Å². The third-order valence-electron chi connectivity index (χ3n) is 6.16. The minimum atomic E-state index is -0.911. The van der Waals surface area contributed by atoms with Gasteiger partial charge in [0.1, 0.15) is 11.5 Å². The number of anilines is 1. The van der Waals surface area contributed by atoms with Gasteiger partial charge >= 0.3 is 5.97 Å². The lowest BCUT2D eigenvalue weighted by Crippen LogP contribution is -2.32. The van der Waals surface area contributed by atoms with Crippen LogP contribution in [0.25, 0.3) is 0 Å². The van der Waals surface area contributed by atoms with Crippen LogP contribution in [0.15, 0.2) is 66.7 Å². The lowest BCUT2D eigenvalue weighted by atomic mass is 10.0. The number of carbonyl (C=O) groups is 1. The van der Waals surface area contributed by atoms with Crippen molar-refractivity contribution < 1.29 is 19.4 Å². The molecule has 2 radical (unpaired) electrons. The Hall–Kier alpha value is -3.45. The zero-order chi connectivity index (χ0) is 23.9. The summed E-state index contributed by atoms with van der Waals surface area (Å²) in [7, 11) is 7.73. The van der Waals surface area contributed by atoms with Crippen LogP contribution in [-0.2, 0) is 12.8 Å². The highest BCUT2D eigenvalue weighted by Crippen LogP contribution is 2.32. The topological polar surface area (TPSA) is 71.0 Å². The highest BCUT2D eigenvalue weighted by atomic mass is 16.5. The van der Waals surface area contributed by atoms with Gasteiger partial charge in [-0.2, -0.15) is 0 Å². The molecule has 7 heteroatoms. The average molecular weight is 456 g/mol. The van der Waals surface area contributed by atoms with E-state index < -0.39 is 5.97 Å². The average Bonchev–Trinajstić information content (AvgIpc) is 3.27. The highest BCUT2D eigenvalue weighted by Gasteiger charge is 2.20. The standard InChI is InChI=1S/C27H29BN2O4/c1-33-23-10-12-24(13-11-23)34-26-17-20(8-7-19-4-2-5-21(16-19)27(31)32)9-14-25(26)29-18-22-6-3-15-30(22)28/h2,4-5,9-14,16-17,22,29H,3,6-8,15,18H2,1H3,(H,31,32)/t22-/m0/s1. The number of carboxylic acids is 1. The normalized spacial score (nSPS) is 15.7. The van der Waals surface area contributed by atoms with E-state index in [4.69, 9.17) is 17.5 Å². The molecule has 4 rings (SSSR count). The van der Waals surface area contributed by atoms with Crippen molar-refractivity contribution in [2.24, 2.45) is 0 Å². The molecule has 34 heavy (non-hydrogen) atoms. The molecule has 3 aromatic rings. The Morgan fingerprint density at radius 2 is 1.79 bits per heavy atom. The molecular weight excluding hydrogens is 427 g/mol.